The Bertz CT molecular complexity index is 353. The highest BCUT2D eigenvalue weighted by atomic mass is 16.5. The Morgan fingerprint density at radius 3 is 2.88 bits per heavy atom. The minimum atomic E-state index is -0.347. The third-order valence-electron chi connectivity index (χ3n) is 2.82. The summed E-state index contributed by atoms with van der Waals surface area (Å²) in [5.41, 5.74) is 1.21. The number of carbonyl (C=O) groups is 1. The molecule has 4 heteroatoms. The summed E-state index contributed by atoms with van der Waals surface area (Å²) in [6, 6.07) is 10.4. The van der Waals surface area contributed by atoms with Crippen LogP contribution in [0.15, 0.2) is 30.3 Å². The average Bonchev–Trinajstić information content (AvgIpc) is 2.78. The molecule has 1 aromatic rings. The van der Waals surface area contributed by atoms with E-state index in [1.165, 1.54) is 12.8 Å². The second kappa shape index (κ2) is 4.88. The molecule has 16 heavy (non-hydrogen) atoms. The topological polar surface area (TPSA) is 41.6 Å². The van der Waals surface area contributed by atoms with Gasteiger partial charge in [0.15, 0.2) is 0 Å². The van der Waals surface area contributed by atoms with Gasteiger partial charge in [-0.15, -0.1) is 0 Å². The van der Waals surface area contributed by atoms with E-state index in [-0.39, 0.29) is 12.1 Å². The fourth-order valence-corrected chi connectivity index (χ4v) is 1.98. The van der Waals surface area contributed by atoms with Crippen LogP contribution in [0.5, 0.6) is 0 Å². The largest absolute Gasteiger partial charge is 0.453 e. The molecule has 0 aromatic heterocycles. The maximum absolute atomic E-state index is 11.1. The summed E-state index contributed by atoms with van der Waals surface area (Å²) in [7, 11) is 1.39. The molecule has 1 atom stereocenters. The van der Waals surface area contributed by atoms with E-state index in [1.807, 2.05) is 18.2 Å². The zero-order valence-electron chi connectivity index (χ0n) is 9.35. The molecule has 1 unspecified atom stereocenters. The Morgan fingerprint density at radius 1 is 1.44 bits per heavy atom. The normalized spacial score (nSPS) is 19.6. The molecule has 1 fully saturated rings. The first kappa shape index (κ1) is 10.8. The van der Waals surface area contributed by atoms with Gasteiger partial charge in [-0.25, -0.2) is 4.79 Å². The Labute approximate surface area is 95.2 Å². The van der Waals surface area contributed by atoms with E-state index in [4.69, 9.17) is 0 Å². The van der Waals surface area contributed by atoms with Crippen molar-refractivity contribution in [1.82, 2.24) is 5.32 Å². The molecule has 0 bridgehead atoms. The molecule has 0 spiro atoms. The summed E-state index contributed by atoms with van der Waals surface area (Å²) in [6.45, 7) is 1.82. The number of nitrogens with one attached hydrogen (secondary N) is 1. The van der Waals surface area contributed by atoms with E-state index in [1.54, 1.807) is 0 Å². The number of rotatable bonds is 2. The highest BCUT2D eigenvalue weighted by Gasteiger charge is 2.23. The summed E-state index contributed by atoms with van der Waals surface area (Å²) in [5, 5.41) is 2.83. The van der Waals surface area contributed by atoms with Gasteiger partial charge in [0.25, 0.3) is 0 Å². The fraction of sp³-hybridized carbons (Fsp3) is 0.417. The number of hydrogen-bond donors (Lipinski definition) is 1. The van der Waals surface area contributed by atoms with E-state index in [9.17, 15) is 4.79 Å². The molecule has 1 saturated heterocycles. The maximum atomic E-state index is 11.1. The Hall–Kier alpha value is -1.71. The number of benzene rings is 1. The van der Waals surface area contributed by atoms with Crippen molar-refractivity contribution in [2.24, 2.45) is 0 Å². The maximum Gasteiger partial charge on any atom is 0.407 e. The van der Waals surface area contributed by atoms with Gasteiger partial charge in [0.2, 0.25) is 0 Å². The fourth-order valence-electron chi connectivity index (χ4n) is 1.98. The van der Waals surface area contributed by atoms with Crippen LogP contribution in [-0.2, 0) is 4.74 Å². The Kier molecular flexibility index (Phi) is 3.29. The number of methoxy groups -OCH3 is 1. The summed E-state index contributed by atoms with van der Waals surface area (Å²) in [5.74, 6) is 0. The van der Waals surface area contributed by atoms with E-state index < -0.39 is 0 Å². The molecular weight excluding hydrogens is 204 g/mol. The monoisotopic (exact) mass is 220 g/mol. The van der Waals surface area contributed by atoms with Crippen LogP contribution in [0.1, 0.15) is 6.42 Å². The van der Waals surface area contributed by atoms with Crippen LogP contribution in [0.2, 0.25) is 0 Å². The minimum absolute atomic E-state index is 0.188. The lowest BCUT2D eigenvalue weighted by Crippen LogP contribution is -2.36. The number of alkyl carbamates (subject to hydrolysis) is 1. The molecule has 4 nitrogen and oxygen atoms in total. The molecule has 1 heterocycles. The summed E-state index contributed by atoms with van der Waals surface area (Å²) in [6.07, 6.45) is 0.615. The zero-order valence-corrected chi connectivity index (χ0v) is 9.35. The number of ether oxygens (including phenoxy) is 1. The lowest BCUT2D eigenvalue weighted by Gasteiger charge is -2.18. The first-order valence-corrected chi connectivity index (χ1v) is 5.44. The number of carbonyl (C=O) groups excluding carboxylic acids is 1. The number of para-hydroxylation sites is 1. The van der Waals surface area contributed by atoms with Crippen molar-refractivity contribution in [3.05, 3.63) is 30.3 Å². The molecule has 0 radical (unpaired) electrons. The quantitative estimate of drug-likeness (QED) is 0.823. The molecule has 1 N–H and O–H groups in total. The van der Waals surface area contributed by atoms with Crippen molar-refractivity contribution < 1.29 is 9.53 Å². The van der Waals surface area contributed by atoms with E-state index in [2.05, 4.69) is 27.1 Å². The van der Waals surface area contributed by atoms with Crippen LogP contribution in [0, 0.1) is 0 Å². The summed E-state index contributed by atoms with van der Waals surface area (Å²) < 4.78 is 4.58. The van der Waals surface area contributed by atoms with Gasteiger partial charge in [-0.05, 0) is 18.6 Å². The molecular formula is C12H16N2O2. The third-order valence-corrected chi connectivity index (χ3v) is 2.82. The molecule has 1 aliphatic heterocycles. The standard InChI is InChI=1S/C12H16N2O2/c1-16-12(15)13-10-7-8-14(9-10)11-5-3-2-4-6-11/h2-6,10H,7-9H2,1H3,(H,13,15). The SMILES string of the molecule is COC(=O)NC1CCN(c2ccccc2)C1. The van der Waals surface area contributed by atoms with E-state index in [0.29, 0.717) is 0 Å². The lowest BCUT2D eigenvalue weighted by molar-refractivity contribution is 0.167. The third kappa shape index (κ3) is 2.45. The van der Waals surface area contributed by atoms with Gasteiger partial charge in [-0.2, -0.15) is 0 Å². The lowest BCUT2D eigenvalue weighted by atomic mass is 10.3. The predicted molar refractivity (Wildman–Crippen MR) is 62.6 cm³/mol. The first-order valence-electron chi connectivity index (χ1n) is 5.44. The van der Waals surface area contributed by atoms with Gasteiger partial charge in [0.1, 0.15) is 0 Å². The zero-order chi connectivity index (χ0) is 11.4. The van der Waals surface area contributed by atoms with Gasteiger partial charge in [-0.1, -0.05) is 18.2 Å². The van der Waals surface area contributed by atoms with Crippen molar-refractivity contribution in [3.8, 4) is 0 Å². The smallest absolute Gasteiger partial charge is 0.407 e. The molecule has 86 valence electrons. The first-order chi connectivity index (χ1) is 7.79. The van der Waals surface area contributed by atoms with Crippen molar-refractivity contribution in [1.29, 1.82) is 0 Å². The highest BCUT2D eigenvalue weighted by molar-refractivity contribution is 5.67. The van der Waals surface area contributed by atoms with Crippen LogP contribution in [0.3, 0.4) is 0 Å². The van der Waals surface area contributed by atoms with Crippen molar-refractivity contribution in [2.45, 2.75) is 12.5 Å². The number of amides is 1. The van der Waals surface area contributed by atoms with Crippen LogP contribution in [0.4, 0.5) is 10.5 Å². The number of anilines is 1. The Balaban J connectivity index is 1.91. The molecule has 2 rings (SSSR count). The van der Waals surface area contributed by atoms with Gasteiger partial charge in [0, 0.05) is 18.8 Å². The van der Waals surface area contributed by atoms with Gasteiger partial charge in [0.05, 0.1) is 13.2 Å². The average molecular weight is 220 g/mol. The van der Waals surface area contributed by atoms with Crippen LogP contribution >= 0.6 is 0 Å². The Morgan fingerprint density at radius 2 is 2.19 bits per heavy atom. The molecule has 1 amide bonds. The molecule has 0 aliphatic carbocycles. The minimum Gasteiger partial charge on any atom is -0.453 e. The molecule has 1 aliphatic rings. The number of hydrogen-bond acceptors (Lipinski definition) is 3. The van der Waals surface area contributed by atoms with Gasteiger partial charge in [-0.3, -0.25) is 0 Å². The van der Waals surface area contributed by atoms with Crippen LogP contribution in [0.25, 0.3) is 0 Å². The van der Waals surface area contributed by atoms with Crippen LogP contribution in [-0.4, -0.2) is 32.3 Å². The second-order valence-corrected chi connectivity index (χ2v) is 3.90. The second-order valence-electron chi connectivity index (χ2n) is 3.90. The van der Waals surface area contributed by atoms with Crippen molar-refractivity contribution >= 4 is 11.8 Å². The molecule has 1 aromatic carbocycles. The van der Waals surface area contributed by atoms with E-state index in [0.717, 1.165) is 19.5 Å². The van der Waals surface area contributed by atoms with Crippen molar-refractivity contribution in [3.63, 3.8) is 0 Å². The van der Waals surface area contributed by atoms with Crippen molar-refractivity contribution in [2.75, 3.05) is 25.1 Å². The highest BCUT2D eigenvalue weighted by Crippen LogP contribution is 2.19. The number of nitrogens with zero attached hydrogens (tertiary/aromatic N) is 1. The van der Waals surface area contributed by atoms with E-state index >= 15 is 0 Å². The van der Waals surface area contributed by atoms with Gasteiger partial charge >= 0.3 is 6.09 Å². The van der Waals surface area contributed by atoms with Crippen LogP contribution < -0.4 is 10.2 Å². The molecule has 0 saturated carbocycles. The summed E-state index contributed by atoms with van der Waals surface area (Å²) in [4.78, 5) is 13.3. The predicted octanol–water partition coefficient (Wildman–Crippen LogP) is 1.62. The van der Waals surface area contributed by atoms with Gasteiger partial charge < -0.3 is 15.0 Å². The summed E-state index contributed by atoms with van der Waals surface area (Å²) >= 11 is 0.